The van der Waals surface area contributed by atoms with Crippen LogP contribution in [0.4, 0.5) is 0 Å². The van der Waals surface area contributed by atoms with Crippen molar-refractivity contribution in [3.05, 3.63) is 36.5 Å². The SMILES string of the molecule is CCCCCC/C=C\C/C=C\CCCCCCCCCCOCC(COC1OC(CO)C(O)C(O)C1O)OC(=O)CCCCCCCCCCC/C=C\CCCCCCCCCC. The minimum absolute atomic E-state index is 0.115. The molecule has 0 saturated carbocycles. The number of rotatable bonds is 46. The van der Waals surface area contributed by atoms with Crippen LogP contribution < -0.4 is 0 Å². The molecule has 1 heterocycles. The van der Waals surface area contributed by atoms with Crippen molar-refractivity contribution in [2.24, 2.45) is 0 Å². The van der Waals surface area contributed by atoms with Crippen LogP contribution in [0.1, 0.15) is 239 Å². The van der Waals surface area contributed by atoms with Gasteiger partial charge in [-0.2, -0.15) is 0 Å². The molecule has 0 bridgehead atoms. The number of carbonyl (C=O) groups excluding carboxylic acids is 1. The summed E-state index contributed by atoms with van der Waals surface area (Å²) in [4.78, 5) is 12.8. The lowest BCUT2D eigenvalue weighted by Crippen LogP contribution is -2.59. The number of aliphatic hydroxyl groups is 4. The Morgan fingerprint density at radius 3 is 1.40 bits per heavy atom. The summed E-state index contributed by atoms with van der Waals surface area (Å²) >= 11 is 0. The number of hydrogen-bond acceptors (Lipinski definition) is 9. The molecule has 1 saturated heterocycles. The third-order valence-electron chi connectivity index (χ3n) is 12.3. The lowest BCUT2D eigenvalue weighted by molar-refractivity contribution is -0.305. The van der Waals surface area contributed by atoms with Gasteiger partial charge < -0.3 is 39.4 Å². The number of unbranched alkanes of at least 4 members (excludes halogenated alkanes) is 29. The molecule has 63 heavy (non-hydrogen) atoms. The van der Waals surface area contributed by atoms with E-state index in [2.05, 4.69) is 50.3 Å². The van der Waals surface area contributed by atoms with Gasteiger partial charge in [-0.3, -0.25) is 4.79 Å². The number of esters is 1. The van der Waals surface area contributed by atoms with Crippen molar-refractivity contribution in [2.45, 2.75) is 275 Å². The minimum atomic E-state index is -1.54. The van der Waals surface area contributed by atoms with Crippen LogP contribution in [0.2, 0.25) is 0 Å². The summed E-state index contributed by atoms with van der Waals surface area (Å²) in [5.41, 5.74) is 0. The zero-order valence-electron chi connectivity index (χ0n) is 40.8. The molecule has 0 aliphatic carbocycles. The van der Waals surface area contributed by atoms with E-state index in [1.807, 2.05) is 0 Å². The van der Waals surface area contributed by atoms with E-state index in [0.717, 1.165) is 38.5 Å². The van der Waals surface area contributed by atoms with E-state index in [1.54, 1.807) is 0 Å². The van der Waals surface area contributed by atoms with Crippen molar-refractivity contribution in [1.29, 1.82) is 0 Å². The van der Waals surface area contributed by atoms with E-state index in [9.17, 15) is 25.2 Å². The third kappa shape index (κ3) is 36.2. The Kier molecular flexibility index (Phi) is 43.0. The Labute approximate surface area is 387 Å². The molecule has 9 nitrogen and oxygen atoms in total. The van der Waals surface area contributed by atoms with E-state index in [-0.39, 0.29) is 19.2 Å². The first-order valence-electron chi connectivity index (χ1n) is 26.6. The summed E-state index contributed by atoms with van der Waals surface area (Å²) in [6, 6.07) is 0. The van der Waals surface area contributed by atoms with E-state index in [1.165, 1.54) is 180 Å². The average molecular weight is 893 g/mol. The first-order valence-corrected chi connectivity index (χ1v) is 26.6. The molecule has 0 amide bonds. The van der Waals surface area contributed by atoms with Gasteiger partial charge in [-0.25, -0.2) is 0 Å². The summed E-state index contributed by atoms with van der Waals surface area (Å²) in [5, 5.41) is 40.3. The zero-order chi connectivity index (χ0) is 45.7. The van der Waals surface area contributed by atoms with Gasteiger partial charge in [-0.1, -0.05) is 198 Å². The van der Waals surface area contributed by atoms with Gasteiger partial charge in [0.1, 0.15) is 30.5 Å². The van der Waals surface area contributed by atoms with Gasteiger partial charge in [0.05, 0.1) is 19.8 Å². The fourth-order valence-electron chi connectivity index (χ4n) is 8.11. The molecular weight excluding hydrogens is 793 g/mol. The smallest absolute Gasteiger partial charge is 0.306 e. The second-order valence-electron chi connectivity index (χ2n) is 18.3. The summed E-state index contributed by atoms with van der Waals surface area (Å²) in [6.45, 7) is 4.56. The third-order valence-corrected chi connectivity index (χ3v) is 12.3. The molecule has 1 fully saturated rings. The van der Waals surface area contributed by atoms with E-state index in [0.29, 0.717) is 13.0 Å². The Morgan fingerprint density at radius 2 is 0.921 bits per heavy atom. The molecule has 1 aliphatic rings. The summed E-state index contributed by atoms with van der Waals surface area (Å²) in [5.74, 6) is -0.315. The first kappa shape index (κ1) is 59.4. The summed E-state index contributed by atoms with van der Waals surface area (Å²) in [6.07, 6.45) is 48.9. The second-order valence-corrected chi connectivity index (χ2v) is 18.3. The van der Waals surface area contributed by atoms with Crippen LogP contribution in [-0.4, -0.2) is 89.6 Å². The van der Waals surface area contributed by atoms with Gasteiger partial charge in [-0.15, -0.1) is 0 Å². The largest absolute Gasteiger partial charge is 0.457 e. The van der Waals surface area contributed by atoms with Gasteiger partial charge in [0.25, 0.3) is 0 Å². The van der Waals surface area contributed by atoms with Gasteiger partial charge >= 0.3 is 5.97 Å². The van der Waals surface area contributed by atoms with E-state index < -0.39 is 43.4 Å². The number of hydrogen-bond donors (Lipinski definition) is 4. The van der Waals surface area contributed by atoms with Crippen molar-refractivity contribution < 1.29 is 44.2 Å². The second kappa shape index (κ2) is 45.6. The molecule has 0 aromatic rings. The lowest BCUT2D eigenvalue weighted by Gasteiger charge is -2.39. The van der Waals surface area contributed by atoms with Crippen LogP contribution in [0, 0.1) is 0 Å². The monoisotopic (exact) mass is 893 g/mol. The standard InChI is InChI=1S/C54H100O9/c1-3-5-7-9-11-13-15-17-19-21-23-24-25-27-29-31-33-35-37-39-41-43-50(56)62-48(47-61-54-53(59)52(58)51(57)49(45-55)63-54)46-60-44-42-40-38-36-34-32-30-28-26-22-20-18-16-14-12-10-8-6-4-2/h14,16,20-23,48-49,51-55,57-59H,3-13,15,17-19,24-47H2,1-2H3/b16-14-,22-20-,23-21-. The van der Waals surface area contributed by atoms with Gasteiger partial charge in [0.15, 0.2) is 6.29 Å². The zero-order valence-corrected chi connectivity index (χ0v) is 40.8. The molecule has 6 unspecified atom stereocenters. The Hall–Kier alpha value is -1.59. The Bertz CT molecular complexity index is 1060. The van der Waals surface area contributed by atoms with Crippen LogP contribution >= 0.6 is 0 Å². The fourth-order valence-corrected chi connectivity index (χ4v) is 8.11. The number of ether oxygens (including phenoxy) is 4. The van der Waals surface area contributed by atoms with Gasteiger partial charge in [0, 0.05) is 13.0 Å². The Balaban J connectivity index is 2.20. The quantitative estimate of drug-likeness (QED) is 0.0268. The van der Waals surface area contributed by atoms with E-state index >= 15 is 0 Å². The highest BCUT2D eigenvalue weighted by molar-refractivity contribution is 5.69. The maximum atomic E-state index is 12.8. The van der Waals surface area contributed by atoms with Crippen molar-refractivity contribution in [2.75, 3.05) is 26.4 Å². The lowest BCUT2D eigenvalue weighted by atomic mass is 9.99. The van der Waals surface area contributed by atoms with Crippen LogP contribution in [0.15, 0.2) is 36.5 Å². The highest BCUT2D eigenvalue weighted by Crippen LogP contribution is 2.23. The molecule has 0 radical (unpaired) electrons. The predicted molar refractivity (Wildman–Crippen MR) is 261 cm³/mol. The number of allylic oxidation sites excluding steroid dienone is 6. The molecule has 0 spiro atoms. The fraction of sp³-hybridized carbons (Fsp3) is 0.870. The van der Waals surface area contributed by atoms with Crippen molar-refractivity contribution in [1.82, 2.24) is 0 Å². The topological polar surface area (TPSA) is 135 Å². The molecule has 0 aromatic carbocycles. The van der Waals surface area contributed by atoms with Crippen LogP contribution in [0.3, 0.4) is 0 Å². The highest BCUT2D eigenvalue weighted by Gasteiger charge is 2.44. The van der Waals surface area contributed by atoms with Crippen LogP contribution in [0.5, 0.6) is 0 Å². The molecule has 1 rings (SSSR count). The molecule has 9 heteroatoms. The summed E-state index contributed by atoms with van der Waals surface area (Å²) in [7, 11) is 0. The van der Waals surface area contributed by atoms with Gasteiger partial charge in [0.2, 0.25) is 0 Å². The molecule has 4 N–H and O–H groups in total. The maximum Gasteiger partial charge on any atom is 0.306 e. The van der Waals surface area contributed by atoms with Crippen molar-refractivity contribution in [3.8, 4) is 0 Å². The average Bonchev–Trinajstić information content (AvgIpc) is 3.28. The van der Waals surface area contributed by atoms with Crippen molar-refractivity contribution >= 4 is 5.97 Å². The summed E-state index contributed by atoms with van der Waals surface area (Å²) < 4.78 is 22.9. The van der Waals surface area contributed by atoms with E-state index in [4.69, 9.17) is 18.9 Å². The number of carbonyl (C=O) groups is 1. The van der Waals surface area contributed by atoms with Crippen molar-refractivity contribution in [3.63, 3.8) is 0 Å². The normalized spacial score (nSPS) is 19.9. The molecular formula is C54H100O9. The van der Waals surface area contributed by atoms with Crippen LogP contribution in [0.25, 0.3) is 0 Å². The van der Waals surface area contributed by atoms with Gasteiger partial charge in [-0.05, 0) is 70.6 Å². The van der Waals surface area contributed by atoms with Crippen LogP contribution in [-0.2, 0) is 23.7 Å². The minimum Gasteiger partial charge on any atom is -0.457 e. The molecule has 0 aromatic heterocycles. The predicted octanol–water partition coefficient (Wildman–Crippen LogP) is 13.1. The first-order chi connectivity index (χ1) is 30.9. The molecule has 370 valence electrons. The molecule has 6 atom stereocenters. The highest BCUT2D eigenvalue weighted by atomic mass is 16.7. The Morgan fingerprint density at radius 1 is 0.508 bits per heavy atom. The maximum absolute atomic E-state index is 12.8. The number of aliphatic hydroxyl groups excluding tert-OH is 4. The molecule has 1 aliphatic heterocycles.